The molecule has 0 aromatic rings. The number of alkyl halides is 1. The summed E-state index contributed by atoms with van der Waals surface area (Å²) in [5.41, 5.74) is 0. The average Bonchev–Trinajstić information content (AvgIpc) is 2.88. The maximum absolute atomic E-state index is 6.01. The van der Waals surface area contributed by atoms with Gasteiger partial charge in [0.2, 0.25) is 0 Å². The molecule has 2 atom stereocenters. The molecule has 0 aromatic heterocycles. The second kappa shape index (κ2) is 12.0. The number of rotatable bonds is 12. The first-order chi connectivity index (χ1) is 9.38. The summed E-state index contributed by atoms with van der Waals surface area (Å²) in [6.45, 7) is 4.69. The van der Waals surface area contributed by atoms with Gasteiger partial charge in [-0.15, -0.1) is 11.6 Å². The molecule has 0 aromatic carbocycles. The van der Waals surface area contributed by atoms with Crippen molar-refractivity contribution in [2.75, 3.05) is 19.0 Å². The number of hydrogen-bond acceptors (Lipinski definition) is 1. The second-order valence-electron chi connectivity index (χ2n) is 6.28. The maximum atomic E-state index is 6.01. The zero-order chi connectivity index (χ0) is 13.8. The Morgan fingerprint density at radius 1 is 0.895 bits per heavy atom. The molecule has 19 heavy (non-hydrogen) atoms. The Hall–Kier alpha value is 0.250. The number of nitrogens with one attached hydrogen (secondary N) is 1. The van der Waals surface area contributed by atoms with Crippen LogP contribution >= 0.6 is 11.6 Å². The van der Waals surface area contributed by atoms with E-state index in [-0.39, 0.29) is 0 Å². The summed E-state index contributed by atoms with van der Waals surface area (Å²) >= 11 is 6.01. The van der Waals surface area contributed by atoms with Crippen molar-refractivity contribution >= 4 is 11.6 Å². The largest absolute Gasteiger partial charge is 0.316 e. The highest BCUT2D eigenvalue weighted by Crippen LogP contribution is 2.31. The molecule has 1 nitrogen and oxygen atoms in total. The van der Waals surface area contributed by atoms with E-state index in [4.69, 9.17) is 11.6 Å². The highest BCUT2D eigenvalue weighted by atomic mass is 35.5. The summed E-state index contributed by atoms with van der Waals surface area (Å²) in [6.07, 6.45) is 15.4. The molecule has 1 aliphatic carbocycles. The van der Waals surface area contributed by atoms with E-state index in [0.717, 1.165) is 17.7 Å². The van der Waals surface area contributed by atoms with Crippen molar-refractivity contribution < 1.29 is 0 Å². The Morgan fingerprint density at radius 2 is 1.53 bits per heavy atom. The van der Waals surface area contributed by atoms with Crippen LogP contribution in [0.2, 0.25) is 0 Å². The quantitative estimate of drug-likeness (QED) is 0.376. The second-order valence-corrected chi connectivity index (χ2v) is 6.59. The molecule has 0 heterocycles. The average molecular weight is 288 g/mol. The lowest BCUT2D eigenvalue weighted by Gasteiger charge is -2.17. The van der Waals surface area contributed by atoms with Gasteiger partial charge in [-0.3, -0.25) is 0 Å². The lowest BCUT2D eigenvalue weighted by molar-refractivity contribution is 0.393. The minimum Gasteiger partial charge on any atom is -0.316 e. The molecular formula is C17H34ClN. The van der Waals surface area contributed by atoms with Crippen molar-refractivity contribution in [2.45, 2.75) is 77.6 Å². The van der Waals surface area contributed by atoms with Crippen LogP contribution in [0.25, 0.3) is 0 Å². The molecule has 0 amide bonds. The first kappa shape index (κ1) is 17.3. The van der Waals surface area contributed by atoms with Crippen LogP contribution in [-0.4, -0.2) is 19.0 Å². The lowest BCUT2D eigenvalue weighted by atomic mass is 9.98. The number of unbranched alkanes of at least 4 members (excludes halogenated alkanes) is 7. The minimum atomic E-state index is 0.785. The van der Waals surface area contributed by atoms with Gasteiger partial charge in [-0.05, 0) is 44.2 Å². The van der Waals surface area contributed by atoms with Crippen LogP contribution in [0, 0.1) is 11.8 Å². The van der Waals surface area contributed by atoms with E-state index in [9.17, 15) is 0 Å². The summed E-state index contributed by atoms with van der Waals surface area (Å²) in [7, 11) is 0. The van der Waals surface area contributed by atoms with Crippen LogP contribution in [0.4, 0.5) is 0 Å². The molecular weight excluding hydrogens is 254 g/mol. The van der Waals surface area contributed by atoms with E-state index in [1.54, 1.807) is 0 Å². The topological polar surface area (TPSA) is 12.0 Å². The minimum absolute atomic E-state index is 0.785. The van der Waals surface area contributed by atoms with Gasteiger partial charge in [0.05, 0.1) is 0 Å². The van der Waals surface area contributed by atoms with E-state index in [0.29, 0.717) is 0 Å². The molecule has 0 bridgehead atoms. The van der Waals surface area contributed by atoms with Gasteiger partial charge in [0, 0.05) is 5.88 Å². The van der Waals surface area contributed by atoms with Gasteiger partial charge >= 0.3 is 0 Å². The summed E-state index contributed by atoms with van der Waals surface area (Å²) in [5.74, 6) is 2.50. The zero-order valence-corrected chi connectivity index (χ0v) is 13.7. The Kier molecular flexibility index (Phi) is 11.0. The molecule has 1 N–H and O–H groups in total. The van der Waals surface area contributed by atoms with Crippen LogP contribution in [-0.2, 0) is 0 Å². The smallest absolute Gasteiger partial charge is 0.0254 e. The van der Waals surface area contributed by atoms with E-state index in [1.165, 1.54) is 83.7 Å². The first-order valence-corrected chi connectivity index (χ1v) is 9.18. The molecule has 0 aliphatic heterocycles. The van der Waals surface area contributed by atoms with Crippen LogP contribution in [0.1, 0.15) is 77.6 Å². The molecule has 0 spiro atoms. The molecule has 114 valence electrons. The van der Waals surface area contributed by atoms with E-state index in [2.05, 4.69) is 12.2 Å². The highest BCUT2D eigenvalue weighted by molar-refractivity contribution is 6.18. The Morgan fingerprint density at radius 3 is 2.21 bits per heavy atom. The van der Waals surface area contributed by atoms with Crippen molar-refractivity contribution in [3.63, 3.8) is 0 Å². The molecule has 2 unspecified atom stereocenters. The lowest BCUT2D eigenvalue weighted by Crippen LogP contribution is -2.26. The monoisotopic (exact) mass is 287 g/mol. The molecule has 2 heteroatoms. The van der Waals surface area contributed by atoms with Crippen LogP contribution in [0.5, 0.6) is 0 Å². The van der Waals surface area contributed by atoms with Crippen molar-refractivity contribution in [1.29, 1.82) is 0 Å². The zero-order valence-electron chi connectivity index (χ0n) is 12.9. The third kappa shape index (κ3) is 8.19. The van der Waals surface area contributed by atoms with E-state index < -0.39 is 0 Å². The third-order valence-corrected chi connectivity index (χ3v) is 5.02. The molecule has 1 fully saturated rings. The standard InChI is InChI=1S/C17H34ClN/c1-2-3-4-5-6-7-8-9-13-19-15-17-12-10-11-16(17)14-18/h16-17,19H,2-15H2,1H3. The third-order valence-electron chi connectivity index (χ3n) is 4.63. The summed E-state index contributed by atoms with van der Waals surface area (Å²) in [6, 6.07) is 0. The molecule has 0 radical (unpaired) electrons. The number of hydrogen-bond donors (Lipinski definition) is 1. The van der Waals surface area contributed by atoms with Crippen molar-refractivity contribution in [3.05, 3.63) is 0 Å². The predicted octanol–water partition coefficient (Wildman–Crippen LogP) is 5.37. The fourth-order valence-electron chi connectivity index (χ4n) is 3.26. The van der Waals surface area contributed by atoms with Gasteiger partial charge in [-0.2, -0.15) is 0 Å². The van der Waals surface area contributed by atoms with Crippen LogP contribution < -0.4 is 5.32 Å². The Balaban J connectivity index is 1.81. The molecule has 0 saturated heterocycles. The molecule has 1 aliphatic rings. The fraction of sp³-hybridized carbons (Fsp3) is 1.00. The van der Waals surface area contributed by atoms with Crippen molar-refractivity contribution in [1.82, 2.24) is 5.32 Å². The predicted molar refractivity (Wildman–Crippen MR) is 87.0 cm³/mol. The van der Waals surface area contributed by atoms with Gasteiger partial charge < -0.3 is 5.32 Å². The summed E-state index contributed by atoms with van der Waals surface area (Å²) in [4.78, 5) is 0. The molecule has 1 rings (SSSR count). The number of halogens is 1. The van der Waals surface area contributed by atoms with Gasteiger partial charge in [-0.1, -0.05) is 58.3 Å². The highest BCUT2D eigenvalue weighted by Gasteiger charge is 2.25. The summed E-state index contributed by atoms with van der Waals surface area (Å²) < 4.78 is 0. The Bertz CT molecular complexity index is 196. The Labute approximate surface area is 125 Å². The maximum Gasteiger partial charge on any atom is 0.0254 e. The normalized spacial score (nSPS) is 23.1. The van der Waals surface area contributed by atoms with E-state index in [1.807, 2.05) is 0 Å². The fourth-order valence-corrected chi connectivity index (χ4v) is 3.66. The van der Waals surface area contributed by atoms with Gasteiger partial charge in [0.25, 0.3) is 0 Å². The van der Waals surface area contributed by atoms with Gasteiger partial charge in [0.15, 0.2) is 0 Å². The van der Waals surface area contributed by atoms with Crippen LogP contribution in [0.3, 0.4) is 0 Å². The van der Waals surface area contributed by atoms with Crippen molar-refractivity contribution in [2.24, 2.45) is 11.8 Å². The molecule has 1 saturated carbocycles. The van der Waals surface area contributed by atoms with Gasteiger partial charge in [0.1, 0.15) is 0 Å². The van der Waals surface area contributed by atoms with E-state index >= 15 is 0 Å². The van der Waals surface area contributed by atoms with Crippen molar-refractivity contribution in [3.8, 4) is 0 Å². The first-order valence-electron chi connectivity index (χ1n) is 8.65. The SMILES string of the molecule is CCCCCCCCCCNCC1CCCC1CCl. The van der Waals surface area contributed by atoms with Gasteiger partial charge in [-0.25, -0.2) is 0 Å². The summed E-state index contributed by atoms with van der Waals surface area (Å²) in [5, 5.41) is 3.64. The van der Waals surface area contributed by atoms with Crippen LogP contribution in [0.15, 0.2) is 0 Å².